The number of aromatic nitrogens is 5. The average Bonchev–Trinajstić information content (AvgIpc) is 2.45. The van der Waals surface area contributed by atoms with Crippen LogP contribution in [-0.4, -0.2) is 37.1 Å². The molecule has 24 heavy (non-hydrogen) atoms. The Morgan fingerprint density at radius 3 is 2.25 bits per heavy atom. The van der Waals surface area contributed by atoms with Gasteiger partial charge in [-0.15, -0.1) is 0 Å². The van der Waals surface area contributed by atoms with Crippen molar-refractivity contribution in [1.82, 2.24) is 24.9 Å². The third-order valence-electron chi connectivity index (χ3n) is 2.64. The minimum absolute atomic E-state index is 0.415. The zero-order chi connectivity index (χ0) is 18.1. The number of nitrogens with one attached hydrogen (secondary N) is 1. The molecule has 0 aliphatic carbocycles. The lowest BCUT2D eigenvalue weighted by molar-refractivity contribution is -0.141. The summed E-state index contributed by atoms with van der Waals surface area (Å²) < 4.78 is 75.5. The second-order valence-electron chi connectivity index (χ2n) is 4.54. The molecule has 0 saturated carbocycles. The molecular weight excluding hydrogens is 344 g/mol. The molecule has 2 aromatic rings. The van der Waals surface area contributed by atoms with Gasteiger partial charge in [0.05, 0.1) is 12.4 Å². The molecule has 0 bridgehead atoms. The molecule has 2 rings (SSSR count). The first-order chi connectivity index (χ1) is 11.0. The first-order valence-electron chi connectivity index (χ1n) is 6.21. The molecule has 2 heterocycles. The first kappa shape index (κ1) is 17.6. The predicted molar refractivity (Wildman–Crippen MR) is 69.4 cm³/mol. The van der Waals surface area contributed by atoms with Crippen LogP contribution < -0.4 is 11.1 Å². The lowest BCUT2D eigenvalue weighted by Crippen LogP contribution is -2.34. The molecule has 1 unspecified atom stereocenters. The van der Waals surface area contributed by atoms with Gasteiger partial charge in [-0.3, -0.25) is 4.98 Å². The van der Waals surface area contributed by atoms with Crippen molar-refractivity contribution in [3.05, 3.63) is 18.1 Å². The minimum Gasteiger partial charge on any atom is -0.368 e. The molecular formula is C11H9F6N7. The van der Waals surface area contributed by atoms with E-state index in [4.69, 9.17) is 5.73 Å². The van der Waals surface area contributed by atoms with Crippen molar-refractivity contribution in [2.45, 2.75) is 25.3 Å². The van der Waals surface area contributed by atoms with Crippen molar-refractivity contribution in [3.8, 4) is 11.5 Å². The lowest BCUT2D eigenvalue weighted by atomic mass is 10.3. The number of nitrogens with zero attached hydrogens (tertiary/aromatic N) is 5. The summed E-state index contributed by atoms with van der Waals surface area (Å²) in [6.07, 6.45) is -7.94. The highest BCUT2D eigenvalue weighted by Crippen LogP contribution is 2.28. The van der Waals surface area contributed by atoms with Crippen molar-refractivity contribution in [2.24, 2.45) is 0 Å². The van der Waals surface area contributed by atoms with Crippen LogP contribution in [0, 0.1) is 0 Å². The topological polar surface area (TPSA) is 102 Å². The smallest absolute Gasteiger partial charge is 0.368 e. The van der Waals surface area contributed by atoms with Gasteiger partial charge in [0.1, 0.15) is 11.7 Å². The summed E-state index contributed by atoms with van der Waals surface area (Å²) in [5.74, 6) is -1.49. The Morgan fingerprint density at radius 1 is 1.00 bits per heavy atom. The Bertz CT molecular complexity index is 730. The fourth-order valence-electron chi connectivity index (χ4n) is 1.46. The molecule has 0 amide bonds. The molecule has 7 nitrogen and oxygen atoms in total. The van der Waals surface area contributed by atoms with E-state index in [-0.39, 0.29) is 0 Å². The van der Waals surface area contributed by atoms with E-state index in [0.717, 1.165) is 13.1 Å². The summed E-state index contributed by atoms with van der Waals surface area (Å²) >= 11 is 0. The van der Waals surface area contributed by atoms with Gasteiger partial charge >= 0.3 is 12.4 Å². The van der Waals surface area contributed by atoms with Crippen LogP contribution in [0.4, 0.5) is 38.2 Å². The van der Waals surface area contributed by atoms with Crippen molar-refractivity contribution in [3.63, 3.8) is 0 Å². The maximum absolute atomic E-state index is 12.6. The van der Waals surface area contributed by atoms with E-state index in [9.17, 15) is 26.3 Å². The molecule has 0 saturated heterocycles. The van der Waals surface area contributed by atoms with Gasteiger partial charge in [0.2, 0.25) is 11.9 Å². The van der Waals surface area contributed by atoms with Crippen LogP contribution in [0.15, 0.2) is 12.4 Å². The van der Waals surface area contributed by atoms with Gasteiger partial charge in [-0.1, -0.05) is 0 Å². The molecule has 3 N–H and O–H groups in total. The number of halogens is 6. The molecule has 2 aromatic heterocycles. The van der Waals surface area contributed by atoms with E-state index in [2.05, 4.69) is 24.9 Å². The van der Waals surface area contributed by atoms with Crippen molar-refractivity contribution in [1.29, 1.82) is 0 Å². The van der Waals surface area contributed by atoms with Gasteiger partial charge in [-0.25, -0.2) is 4.98 Å². The molecule has 0 aliphatic rings. The Balaban J connectivity index is 2.39. The molecule has 0 spiro atoms. The molecule has 0 fully saturated rings. The number of hydrogen-bond donors (Lipinski definition) is 2. The van der Waals surface area contributed by atoms with Crippen LogP contribution in [0.3, 0.4) is 0 Å². The Hall–Kier alpha value is -2.73. The SMILES string of the molecule is CC(Nc1nc(N)nc(-c2cncc(C(F)(F)F)n2)n1)C(F)(F)F. The zero-order valence-corrected chi connectivity index (χ0v) is 11.8. The zero-order valence-electron chi connectivity index (χ0n) is 11.8. The average molecular weight is 353 g/mol. The summed E-state index contributed by atoms with van der Waals surface area (Å²) in [6.45, 7) is 0.809. The van der Waals surface area contributed by atoms with Crippen LogP contribution >= 0.6 is 0 Å². The maximum atomic E-state index is 12.6. The van der Waals surface area contributed by atoms with Crippen LogP contribution in [-0.2, 0) is 6.18 Å². The standard InChI is InChI=1S/C11H9F6N7/c1-4(10(12,13)14)20-9-23-7(22-8(18)24-9)5-2-19-3-6(21-5)11(15,16)17/h2-4H,1H3,(H3,18,20,22,23,24). The van der Waals surface area contributed by atoms with Gasteiger partial charge in [-0.05, 0) is 6.92 Å². The van der Waals surface area contributed by atoms with Gasteiger partial charge in [-0.2, -0.15) is 41.3 Å². The molecule has 0 radical (unpaired) electrons. The maximum Gasteiger partial charge on any atom is 0.434 e. The Morgan fingerprint density at radius 2 is 1.67 bits per heavy atom. The molecule has 0 aromatic carbocycles. The van der Waals surface area contributed by atoms with E-state index in [1.54, 1.807) is 0 Å². The van der Waals surface area contributed by atoms with E-state index in [0.29, 0.717) is 6.20 Å². The third kappa shape index (κ3) is 4.17. The van der Waals surface area contributed by atoms with E-state index < -0.39 is 47.5 Å². The van der Waals surface area contributed by atoms with Crippen LogP contribution in [0.25, 0.3) is 11.5 Å². The molecule has 130 valence electrons. The summed E-state index contributed by atoms with van der Waals surface area (Å²) in [4.78, 5) is 17.3. The molecule has 1 atom stereocenters. The molecule has 0 aliphatic heterocycles. The summed E-state index contributed by atoms with van der Waals surface area (Å²) in [5, 5.41) is 1.94. The fraction of sp³-hybridized carbons (Fsp3) is 0.364. The largest absolute Gasteiger partial charge is 0.434 e. The second kappa shape index (κ2) is 6.05. The van der Waals surface area contributed by atoms with Crippen molar-refractivity contribution < 1.29 is 26.3 Å². The third-order valence-corrected chi connectivity index (χ3v) is 2.64. The van der Waals surface area contributed by atoms with Gasteiger partial charge in [0.25, 0.3) is 0 Å². The van der Waals surface area contributed by atoms with E-state index >= 15 is 0 Å². The number of hydrogen-bond acceptors (Lipinski definition) is 7. The van der Waals surface area contributed by atoms with Gasteiger partial charge < -0.3 is 11.1 Å². The highest BCUT2D eigenvalue weighted by atomic mass is 19.4. The lowest BCUT2D eigenvalue weighted by Gasteiger charge is -2.17. The van der Waals surface area contributed by atoms with Crippen LogP contribution in [0.2, 0.25) is 0 Å². The van der Waals surface area contributed by atoms with E-state index in [1.165, 1.54) is 0 Å². The number of nitrogens with two attached hydrogens (primary N) is 1. The second-order valence-corrected chi connectivity index (χ2v) is 4.54. The molecule has 13 heteroatoms. The van der Waals surface area contributed by atoms with Crippen molar-refractivity contribution in [2.75, 3.05) is 11.1 Å². The summed E-state index contributed by atoms with van der Waals surface area (Å²) in [6, 6.07) is -2.01. The number of anilines is 2. The Labute approximate surface area is 130 Å². The minimum atomic E-state index is -4.76. The van der Waals surface area contributed by atoms with E-state index in [1.807, 2.05) is 5.32 Å². The van der Waals surface area contributed by atoms with Crippen LogP contribution in [0.5, 0.6) is 0 Å². The van der Waals surface area contributed by atoms with Crippen LogP contribution in [0.1, 0.15) is 12.6 Å². The first-order valence-corrected chi connectivity index (χ1v) is 6.21. The number of alkyl halides is 6. The quantitative estimate of drug-likeness (QED) is 0.816. The predicted octanol–water partition coefficient (Wildman–Crippen LogP) is 2.29. The fourth-order valence-corrected chi connectivity index (χ4v) is 1.46. The summed E-state index contributed by atoms with van der Waals surface area (Å²) in [7, 11) is 0. The number of nitrogen functional groups attached to an aromatic ring is 1. The van der Waals surface area contributed by atoms with Crippen molar-refractivity contribution >= 4 is 11.9 Å². The highest BCUT2D eigenvalue weighted by Gasteiger charge is 2.37. The summed E-state index contributed by atoms with van der Waals surface area (Å²) in [5.41, 5.74) is 3.63. The van der Waals surface area contributed by atoms with Gasteiger partial charge in [0.15, 0.2) is 11.5 Å². The normalized spacial score (nSPS) is 13.6. The Kier molecular flexibility index (Phi) is 4.44. The monoisotopic (exact) mass is 353 g/mol. The van der Waals surface area contributed by atoms with Gasteiger partial charge in [0, 0.05) is 0 Å². The highest BCUT2D eigenvalue weighted by molar-refractivity contribution is 5.52. The number of rotatable bonds is 3.